The Morgan fingerprint density at radius 1 is 1.35 bits per heavy atom. The second-order valence-corrected chi connectivity index (χ2v) is 5.77. The van der Waals surface area contributed by atoms with Crippen molar-refractivity contribution in [3.63, 3.8) is 0 Å². The van der Waals surface area contributed by atoms with Crippen molar-refractivity contribution in [3.8, 4) is 0 Å². The number of anilines is 1. The van der Waals surface area contributed by atoms with Gasteiger partial charge in [0.15, 0.2) is 0 Å². The van der Waals surface area contributed by atoms with Crippen molar-refractivity contribution in [1.82, 2.24) is 0 Å². The molecule has 1 aliphatic rings. The lowest BCUT2D eigenvalue weighted by atomic mass is 10.0. The minimum atomic E-state index is -0.160. The molecule has 94 valence electrons. The van der Waals surface area contributed by atoms with Crippen molar-refractivity contribution >= 4 is 17.4 Å². The first-order valence-corrected chi connectivity index (χ1v) is 7.13. The summed E-state index contributed by atoms with van der Waals surface area (Å²) < 4.78 is 13.6. The molecule has 0 aliphatic carbocycles. The van der Waals surface area contributed by atoms with Gasteiger partial charge in [-0.3, -0.25) is 0 Å². The predicted octanol–water partition coefficient (Wildman–Crippen LogP) is 2.71. The maximum atomic E-state index is 13.6. The van der Waals surface area contributed by atoms with Crippen LogP contribution >= 0.6 is 11.8 Å². The summed E-state index contributed by atoms with van der Waals surface area (Å²) in [6, 6.07) is 3.40. The molecule has 4 heteroatoms. The van der Waals surface area contributed by atoms with E-state index in [0.717, 1.165) is 35.8 Å². The molecule has 17 heavy (non-hydrogen) atoms. The van der Waals surface area contributed by atoms with Crippen molar-refractivity contribution < 1.29 is 4.39 Å². The van der Waals surface area contributed by atoms with Gasteiger partial charge in [-0.1, -0.05) is 0 Å². The maximum absolute atomic E-state index is 13.6. The number of benzene rings is 1. The highest BCUT2D eigenvalue weighted by molar-refractivity contribution is 7.99. The summed E-state index contributed by atoms with van der Waals surface area (Å²) in [5, 5.41) is 0. The minimum Gasteiger partial charge on any atom is -0.370 e. The van der Waals surface area contributed by atoms with Gasteiger partial charge in [-0.15, -0.1) is 0 Å². The molecule has 1 atom stereocenters. The van der Waals surface area contributed by atoms with Crippen molar-refractivity contribution in [2.24, 2.45) is 5.73 Å². The summed E-state index contributed by atoms with van der Waals surface area (Å²) in [6.07, 6.45) is 0. The van der Waals surface area contributed by atoms with Gasteiger partial charge >= 0.3 is 0 Å². The maximum Gasteiger partial charge on any atom is 0.126 e. The SMILES string of the molecule is Cc1cc(N2CCSCC2)c([C@H](C)N)cc1F. The number of rotatable bonds is 2. The van der Waals surface area contributed by atoms with Crippen LogP contribution in [0.15, 0.2) is 12.1 Å². The molecule has 2 nitrogen and oxygen atoms in total. The summed E-state index contributed by atoms with van der Waals surface area (Å²) in [6.45, 7) is 5.76. The van der Waals surface area contributed by atoms with Gasteiger partial charge in [-0.25, -0.2) is 4.39 Å². The standard InChI is InChI=1S/C13H19FN2S/c1-9-7-13(16-3-5-17-6-4-16)11(10(2)15)8-12(9)14/h7-8,10H,3-6,15H2,1-2H3/t10-/m0/s1. The lowest BCUT2D eigenvalue weighted by molar-refractivity contribution is 0.612. The summed E-state index contributed by atoms with van der Waals surface area (Å²) in [7, 11) is 0. The Morgan fingerprint density at radius 3 is 2.59 bits per heavy atom. The number of aryl methyl sites for hydroxylation is 1. The molecule has 0 aromatic heterocycles. The van der Waals surface area contributed by atoms with Gasteiger partial charge in [-0.2, -0.15) is 11.8 Å². The molecule has 2 N–H and O–H groups in total. The fourth-order valence-electron chi connectivity index (χ4n) is 2.12. The summed E-state index contributed by atoms with van der Waals surface area (Å²) in [4.78, 5) is 2.32. The number of hydrogen-bond donors (Lipinski definition) is 1. The minimum absolute atomic E-state index is 0.130. The lowest BCUT2D eigenvalue weighted by Crippen LogP contribution is -2.33. The molecule has 0 radical (unpaired) electrons. The molecule has 1 fully saturated rings. The molecule has 0 bridgehead atoms. The van der Waals surface area contributed by atoms with Crippen LogP contribution in [0.1, 0.15) is 24.1 Å². The van der Waals surface area contributed by atoms with Crippen LogP contribution in [0.2, 0.25) is 0 Å². The average Bonchev–Trinajstić information content (AvgIpc) is 2.33. The number of thioether (sulfide) groups is 1. The van der Waals surface area contributed by atoms with Crippen LogP contribution in [0.5, 0.6) is 0 Å². The molecule has 0 amide bonds. The molecule has 1 aromatic rings. The van der Waals surface area contributed by atoms with E-state index in [0.29, 0.717) is 5.56 Å². The van der Waals surface area contributed by atoms with Gasteiger partial charge in [0.25, 0.3) is 0 Å². The lowest BCUT2D eigenvalue weighted by Gasteiger charge is -2.31. The molecule has 1 aromatic carbocycles. The van der Waals surface area contributed by atoms with Gasteiger partial charge in [0.1, 0.15) is 5.82 Å². The highest BCUT2D eigenvalue weighted by Crippen LogP contribution is 2.30. The van der Waals surface area contributed by atoms with Crippen LogP contribution in [-0.2, 0) is 0 Å². The first-order valence-electron chi connectivity index (χ1n) is 5.98. The third kappa shape index (κ3) is 2.75. The van der Waals surface area contributed by atoms with Gasteiger partial charge in [0.05, 0.1) is 0 Å². The first kappa shape index (κ1) is 12.7. The summed E-state index contributed by atoms with van der Waals surface area (Å²) in [5.41, 5.74) is 8.67. The number of halogens is 1. The van der Waals surface area contributed by atoms with Crippen molar-refractivity contribution in [1.29, 1.82) is 0 Å². The molecule has 0 saturated carbocycles. The van der Waals surface area contributed by atoms with Crippen LogP contribution in [0, 0.1) is 12.7 Å². The van der Waals surface area contributed by atoms with Crippen molar-refractivity contribution in [3.05, 3.63) is 29.1 Å². The van der Waals surface area contributed by atoms with E-state index in [1.54, 1.807) is 6.07 Å². The third-order valence-electron chi connectivity index (χ3n) is 3.15. The second-order valence-electron chi connectivity index (χ2n) is 4.55. The Labute approximate surface area is 106 Å². The molecule has 2 rings (SSSR count). The van der Waals surface area contributed by atoms with E-state index in [9.17, 15) is 4.39 Å². The molecule has 0 spiro atoms. The first-order chi connectivity index (χ1) is 8.09. The fourth-order valence-corrected chi connectivity index (χ4v) is 3.03. The number of hydrogen-bond acceptors (Lipinski definition) is 3. The molecular formula is C13H19FN2S. The quantitative estimate of drug-likeness (QED) is 0.880. The second kappa shape index (κ2) is 5.27. The summed E-state index contributed by atoms with van der Waals surface area (Å²) >= 11 is 1.97. The van der Waals surface area contributed by atoms with E-state index in [4.69, 9.17) is 5.73 Å². The molecule has 0 unspecified atom stereocenters. The van der Waals surface area contributed by atoms with Crippen LogP contribution in [-0.4, -0.2) is 24.6 Å². The molecule has 1 heterocycles. The molecular weight excluding hydrogens is 235 g/mol. The smallest absolute Gasteiger partial charge is 0.126 e. The molecule has 1 aliphatic heterocycles. The predicted molar refractivity (Wildman–Crippen MR) is 73.3 cm³/mol. The Kier molecular flexibility index (Phi) is 3.94. The van der Waals surface area contributed by atoms with E-state index >= 15 is 0 Å². The van der Waals surface area contributed by atoms with Crippen LogP contribution in [0.25, 0.3) is 0 Å². The van der Waals surface area contributed by atoms with E-state index in [-0.39, 0.29) is 11.9 Å². The highest BCUT2D eigenvalue weighted by atomic mass is 32.2. The van der Waals surface area contributed by atoms with E-state index in [2.05, 4.69) is 4.90 Å². The largest absolute Gasteiger partial charge is 0.370 e. The normalized spacial score (nSPS) is 18.2. The van der Waals surface area contributed by atoms with Gasteiger partial charge in [0.2, 0.25) is 0 Å². The van der Waals surface area contributed by atoms with Crippen LogP contribution < -0.4 is 10.6 Å². The molecule has 1 saturated heterocycles. The van der Waals surface area contributed by atoms with Crippen molar-refractivity contribution in [2.45, 2.75) is 19.9 Å². The fraction of sp³-hybridized carbons (Fsp3) is 0.538. The Bertz CT molecular complexity index is 401. The Hall–Kier alpha value is -0.740. The van der Waals surface area contributed by atoms with Crippen molar-refractivity contribution in [2.75, 3.05) is 29.5 Å². The zero-order chi connectivity index (χ0) is 12.4. The van der Waals surface area contributed by atoms with Gasteiger partial charge in [0, 0.05) is 36.3 Å². The van der Waals surface area contributed by atoms with Gasteiger partial charge < -0.3 is 10.6 Å². The zero-order valence-electron chi connectivity index (χ0n) is 10.4. The Balaban J connectivity index is 2.39. The number of nitrogens with zero attached hydrogens (tertiary/aromatic N) is 1. The van der Waals surface area contributed by atoms with Gasteiger partial charge in [-0.05, 0) is 37.1 Å². The topological polar surface area (TPSA) is 29.3 Å². The summed E-state index contributed by atoms with van der Waals surface area (Å²) in [5.74, 6) is 2.11. The Morgan fingerprint density at radius 2 is 2.00 bits per heavy atom. The monoisotopic (exact) mass is 254 g/mol. The highest BCUT2D eigenvalue weighted by Gasteiger charge is 2.18. The van der Waals surface area contributed by atoms with Crippen LogP contribution in [0.4, 0.5) is 10.1 Å². The van der Waals surface area contributed by atoms with E-state index in [1.165, 1.54) is 0 Å². The van der Waals surface area contributed by atoms with E-state index < -0.39 is 0 Å². The third-order valence-corrected chi connectivity index (χ3v) is 4.09. The number of nitrogens with two attached hydrogens (primary N) is 1. The average molecular weight is 254 g/mol. The zero-order valence-corrected chi connectivity index (χ0v) is 11.2. The van der Waals surface area contributed by atoms with Crippen LogP contribution in [0.3, 0.4) is 0 Å². The van der Waals surface area contributed by atoms with E-state index in [1.807, 2.05) is 31.7 Å².